The van der Waals surface area contributed by atoms with E-state index in [2.05, 4.69) is 10.7 Å². The van der Waals surface area contributed by atoms with Crippen LogP contribution in [0.4, 0.5) is 4.79 Å². The molecule has 0 aromatic heterocycles. The molecule has 20 heavy (non-hydrogen) atoms. The van der Waals surface area contributed by atoms with E-state index in [0.717, 1.165) is 25.7 Å². The van der Waals surface area contributed by atoms with Crippen LogP contribution in [-0.4, -0.2) is 41.2 Å². The normalized spacial score (nSPS) is 29.3. The van der Waals surface area contributed by atoms with E-state index in [1.165, 1.54) is 11.8 Å². The van der Waals surface area contributed by atoms with Gasteiger partial charge in [-0.15, -0.1) is 0 Å². The Labute approximate surface area is 118 Å². The van der Waals surface area contributed by atoms with E-state index < -0.39 is 12.1 Å². The highest BCUT2D eigenvalue weighted by atomic mass is 16.2. The molecule has 1 heterocycles. The van der Waals surface area contributed by atoms with Crippen molar-refractivity contribution in [1.29, 1.82) is 0 Å². The molecule has 2 aliphatic rings. The van der Waals surface area contributed by atoms with Gasteiger partial charge in [0.15, 0.2) is 5.78 Å². The van der Waals surface area contributed by atoms with Gasteiger partial charge in [0.2, 0.25) is 5.91 Å². The summed E-state index contributed by atoms with van der Waals surface area (Å²) in [7, 11) is 0. The average molecular weight is 282 g/mol. The van der Waals surface area contributed by atoms with E-state index >= 15 is 0 Å². The highest BCUT2D eigenvalue weighted by Crippen LogP contribution is 2.31. The van der Waals surface area contributed by atoms with E-state index in [-0.39, 0.29) is 23.7 Å². The number of nitrogens with two attached hydrogens (primary N) is 1. The summed E-state index contributed by atoms with van der Waals surface area (Å²) in [4.78, 5) is 37.0. The summed E-state index contributed by atoms with van der Waals surface area (Å²) >= 11 is 0. The minimum Gasteiger partial charge on any atom is -0.353 e. The Kier molecular flexibility index (Phi) is 4.59. The number of nitrogens with zero attached hydrogens (tertiary/aromatic N) is 1. The molecule has 112 valence electrons. The summed E-state index contributed by atoms with van der Waals surface area (Å²) in [6.07, 6.45) is 4.01. The minimum absolute atomic E-state index is 0.0577. The summed E-state index contributed by atoms with van der Waals surface area (Å²) < 4.78 is 0. The van der Waals surface area contributed by atoms with Crippen molar-refractivity contribution in [3.8, 4) is 0 Å². The summed E-state index contributed by atoms with van der Waals surface area (Å²) in [5, 5.41) is 2.85. The van der Waals surface area contributed by atoms with Gasteiger partial charge < -0.3 is 10.2 Å². The first-order valence-electron chi connectivity index (χ1n) is 7.12. The van der Waals surface area contributed by atoms with Crippen molar-refractivity contribution in [1.82, 2.24) is 15.6 Å². The van der Waals surface area contributed by atoms with Gasteiger partial charge in [-0.25, -0.2) is 10.6 Å². The number of hydrogen-bond acceptors (Lipinski definition) is 4. The summed E-state index contributed by atoms with van der Waals surface area (Å²) in [6.45, 7) is 2.01. The third-order valence-electron chi connectivity index (χ3n) is 4.24. The lowest BCUT2D eigenvalue weighted by Crippen LogP contribution is -2.51. The fraction of sp³-hybridized carbons (Fsp3) is 0.769. The van der Waals surface area contributed by atoms with E-state index in [0.29, 0.717) is 13.0 Å². The van der Waals surface area contributed by atoms with Crippen molar-refractivity contribution in [3.63, 3.8) is 0 Å². The molecule has 3 unspecified atom stereocenters. The first kappa shape index (κ1) is 14.8. The molecule has 0 aromatic rings. The zero-order valence-corrected chi connectivity index (χ0v) is 11.7. The van der Waals surface area contributed by atoms with Crippen LogP contribution in [0.5, 0.6) is 0 Å². The Hall–Kier alpha value is -1.63. The number of hydrogen-bond donors (Lipinski definition) is 3. The second-order valence-corrected chi connectivity index (χ2v) is 5.55. The molecule has 7 nitrogen and oxygen atoms in total. The van der Waals surface area contributed by atoms with Gasteiger partial charge in [-0.2, -0.15) is 0 Å². The average Bonchev–Trinajstić information content (AvgIpc) is 3.04. The van der Waals surface area contributed by atoms with Crippen LogP contribution in [0.25, 0.3) is 0 Å². The van der Waals surface area contributed by atoms with E-state index in [1.54, 1.807) is 0 Å². The maximum Gasteiger partial charge on any atom is 0.332 e. The maximum atomic E-state index is 12.7. The zero-order chi connectivity index (χ0) is 14.7. The highest BCUT2D eigenvalue weighted by Gasteiger charge is 2.41. The van der Waals surface area contributed by atoms with Gasteiger partial charge in [0.25, 0.3) is 0 Å². The smallest absolute Gasteiger partial charge is 0.332 e. The van der Waals surface area contributed by atoms with Crippen molar-refractivity contribution in [2.75, 3.05) is 6.54 Å². The Morgan fingerprint density at radius 3 is 2.55 bits per heavy atom. The summed E-state index contributed by atoms with van der Waals surface area (Å²) in [5.74, 6) is 4.91. The molecule has 0 radical (unpaired) electrons. The molecule has 2 fully saturated rings. The zero-order valence-electron chi connectivity index (χ0n) is 11.7. The van der Waals surface area contributed by atoms with Gasteiger partial charge in [-0.3, -0.25) is 15.0 Å². The fourth-order valence-corrected chi connectivity index (χ4v) is 3.37. The van der Waals surface area contributed by atoms with Gasteiger partial charge in [0.05, 0.1) is 6.04 Å². The topological polar surface area (TPSA) is 105 Å². The van der Waals surface area contributed by atoms with Gasteiger partial charge in [0, 0.05) is 25.4 Å². The number of carbonyl (C=O) groups excluding carboxylic acids is 3. The van der Waals surface area contributed by atoms with Crippen molar-refractivity contribution in [2.24, 2.45) is 11.8 Å². The predicted molar refractivity (Wildman–Crippen MR) is 72.4 cm³/mol. The molecule has 1 aliphatic heterocycles. The van der Waals surface area contributed by atoms with Crippen molar-refractivity contribution in [2.45, 2.75) is 51.1 Å². The van der Waals surface area contributed by atoms with Gasteiger partial charge in [-0.1, -0.05) is 6.42 Å². The molecule has 2 rings (SSSR count). The van der Waals surface area contributed by atoms with E-state index in [9.17, 15) is 14.4 Å². The number of nitrogens with one attached hydrogen (secondary N) is 2. The Balaban J connectivity index is 2.05. The van der Waals surface area contributed by atoms with Gasteiger partial charge >= 0.3 is 6.03 Å². The standard InChI is InChI=1S/C13H22N4O3/c1-8(18)15-10-5-2-4-9(10)12(19)11-6-3-7-17(11)13(20)16-14/h9-11H,2-7,14H2,1H3,(H,15,18)(H,16,20). The molecular formula is C13H22N4O3. The first-order valence-corrected chi connectivity index (χ1v) is 7.12. The molecule has 4 N–H and O–H groups in total. The quantitative estimate of drug-likeness (QED) is 0.382. The highest BCUT2D eigenvalue weighted by molar-refractivity contribution is 5.91. The first-order chi connectivity index (χ1) is 9.54. The Morgan fingerprint density at radius 1 is 1.15 bits per heavy atom. The van der Waals surface area contributed by atoms with Crippen molar-refractivity contribution >= 4 is 17.7 Å². The predicted octanol–water partition coefficient (Wildman–Crippen LogP) is -0.0920. The maximum absolute atomic E-state index is 12.7. The van der Waals surface area contributed by atoms with Crippen LogP contribution in [0.2, 0.25) is 0 Å². The number of hydrazine groups is 1. The fourth-order valence-electron chi connectivity index (χ4n) is 3.37. The van der Waals surface area contributed by atoms with Gasteiger partial charge in [-0.05, 0) is 25.7 Å². The molecule has 3 atom stereocenters. The van der Waals surface area contributed by atoms with E-state index in [1.807, 2.05) is 0 Å². The summed E-state index contributed by atoms with van der Waals surface area (Å²) in [5.41, 5.74) is 2.09. The number of carbonyl (C=O) groups is 3. The summed E-state index contributed by atoms with van der Waals surface area (Å²) in [6, 6.07) is -0.906. The van der Waals surface area contributed by atoms with Crippen LogP contribution < -0.4 is 16.6 Å². The number of Topliss-reactive ketones (excluding diaryl/α,β-unsaturated/α-hetero) is 1. The Bertz CT molecular complexity index is 412. The molecule has 3 amide bonds. The van der Waals surface area contributed by atoms with Crippen molar-refractivity contribution < 1.29 is 14.4 Å². The SMILES string of the molecule is CC(=O)NC1CCCC1C(=O)C1CCCN1C(=O)NN. The number of rotatable bonds is 3. The molecule has 0 spiro atoms. The largest absolute Gasteiger partial charge is 0.353 e. The minimum atomic E-state index is -0.407. The van der Waals surface area contributed by atoms with Gasteiger partial charge in [0.1, 0.15) is 0 Å². The van der Waals surface area contributed by atoms with Crippen molar-refractivity contribution in [3.05, 3.63) is 0 Å². The van der Waals surface area contributed by atoms with Crippen LogP contribution >= 0.6 is 0 Å². The molecule has 7 heteroatoms. The molecule has 1 saturated heterocycles. The number of urea groups is 1. The molecule has 0 aromatic carbocycles. The second-order valence-electron chi connectivity index (χ2n) is 5.55. The third kappa shape index (κ3) is 2.92. The van der Waals surface area contributed by atoms with E-state index in [4.69, 9.17) is 5.84 Å². The monoisotopic (exact) mass is 282 g/mol. The lowest BCUT2D eigenvalue weighted by atomic mass is 9.92. The molecule has 0 bridgehead atoms. The van der Waals surface area contributed by atoms with Crippen LogP contribution in [0.1, 0.15) is 39.0 Å². The number of amides is 3. The molecule has 1 saturated carbocycles. The molecular weight excluding hydrogens is 260 g/mol. The van der Waals surface area contributed by atoms with Crippen LogP contribution in [0.15, 0.2) is 0 Å². The number of ketones is 1. The van der Waals surface area contributed by atoms with Crippen LogP contribution in [0, 0.1) is 5.92 Å². The number of likely N-dealkylation sites (tertiary alicyclic amines) is 1. The van der Waals surface area contributed by atoms with Crippen LogP contribution in [-0.2, 0) is 9.59 Å². The second kappa shape index (κ2) is 6.21. The molecule has 1 aliphatic carbocycles. The third-order valence-corrected chi connectivity index (χ3v) is 4.24. The Morgan fingerprint density at radius 2 is 1.90 bits per heavy atom. The lowest BCUT2D eigenvalue weighted by molar-refractivity contribution is -0.127. The lowest BCUT2D eigenvalue weighted by Gasteiger charge is -2.27. The van der Waals surface area contributed by atoms with Crippen LogP contribution in [0.3, 0.4) is 0 Å².